The van der Waals surface area contributed by atoms with Gasteiger partial charge in [0.1, 0.15) is 0 Å². The van der Waals surface area contributed by atoms with Crippen LogP contribution in [0.4, 0.5) is 5.69 Å². The summed E-state index contributed by atoms with van der Waals surface area (Å²) in [5, 5.41) is 19.6. The van der Waals surface area contributed by atoms with Gasteiger partial charge in [0.15, 0.2) is 10.8 Å². The van der Waals surface area contributed by atoms with Crippen molar-refractivity contribution in [1.29, 1.82) is 0 Å². The van der Waals surface area contributed by atoms with Crippen LogP contribution in [0.3, 0.4) is 0 Å². The van der Waals surface area contributed by atoms with Gasteiger partial charge in [0.25, 0.3) is 11.5 Å². The van der Waals surface area contributed by atoms with Crippen LogP contribution in [0.2, 0.25) is 5.02 Å². The third-order valence-corrected chi connectivity index (χ3v) is 6.77. The van der Waals surface area contributed by atoms with Gasteiger partial charge in [-0.15, -0.1) is 10.2 Å². The molecule has 2 aromatic heterocycles. The van der Waals surface area contributed by atoms with Gasteiger partial charge in [-0.05, 0) is 48.5 Å². The summed E-state index contributed by atoms with van der Waals surface area (Å²) in [4.78, 5) is 33.2. The summed E-state index contributed by atoms with van der Waals surface area (Å²) < 4.78 is 2.24. The lowest BCUT2D eigenvalue weighted by atomic mass is 10.2. The zero-order valence-electron chi connectivity index (χ0n) is 17.8. The minimum Gasteiger partial charge on any atom is -0.493 e. The molecular formula is C24H15BrClN5O3S. The molecule has 0 aliphatic carbocycles. The first-order valence-corrected chi connectivity index (χ1v) is 12.4. The van der Waals surface area contributed by atoms with Gasteiger partial charge in [-0.1, -0.05) is 57.5 Å². The summed E-state index contributed by atoms with van der Waals surface area (Å²) in [6, 6.07) is 19.3. The van der Waals surface area contributed by atoms with E-state index >= 15 is 0 Å². The first-order chi connectivity index (χ1) is 16.9. The number of carbonyl (C=O) groups excluding carboxylic acids is 1. The third-order valence-electron chi connectivity index (χ3n) is 5.11. The van der Waals surface area contributed by atoms with Gasteiger partial charge in [0, 0.05) is 14.9 Å². The van der Waals surface area contributed by atoms with E-state index in [9.17, 15) is 14.7 Å². The van der Waals surface area contributed by atoms with E-state index in [1.54, 1.807) is 42.5 Å². The maximum absolute atomic E-state index is 13.3. The van der Waals surface area contributed by atoms with Crippen LogP contribution in [0.5, 0.6) is 5.88 Å². The maximum Gasteiger partial charge on any atom is 0.275 e. The Morgan fingerprint density at radius 2 is 1.91 bits per heavy atom. The number of nitrogens with one attached hydrogen (secondary N) is 1. The van der Waals surface area contributed by atoms with Crippen molar-refractivity contribution in [1.82, 2.24) is 14.5 Å². The first-order valence-electron chi connectivity index (χ1n) is 10.3. The topological polar surface area (TPSA) is 113 Å². The zero-order valence-corrected chi connectivity index (χ0v) is 20.9. The SMILES string of the molecule is O=C(CSc1nc2ccc(Cl)cc2c(=O)n1-c1ccccc1)N=Nc1c(O)[nH]c2ccc(Br)cc12. The number of hydrogen-bond donors (Lipinski definition) is 2. The van der Waals surface area contributed by atoms with Crippen molar-refractivity contribution in [2.45, 2.75) is 5.16 Å². The number of aromatic nitrogens is 3. The Bertz CT molecular complexity index is 1680. The molecule has 1 amide bonds. The molecule has 35 heavy (non-hydrogen) atoms. The van der Waals surface area contributed by atoms with Crippen LogP contribution < -0.4 is 5.56 Å². The van der Waals surface area contributed by atoms with Crippen LogP contribution in [0, 0.1) is 0 Å². The first kappa shape index (κ1) is 23.3. The van der Waals surface area contributed by atoms with E-state index in [2.05, 4.69) is 36.1 Å². The molecule has 0 atom stereocenters. The van der Waals surface area contributed by atoms with Crippen LogP contribution >= 0.6 is 39.3 Å². The molecule has 8 nitrogen and oxygen atoms in total. The molecule has 0 fully saturated rings. The summed E-state index contributed by atoms with van der Waals surface area (Å²) in [6.45, 7) is 0. The fourth-order valence-corrected chi connectivity index (χ4v) is 4.86. The molecule has 174 valence electrons. The number of carbonyl (C=O) groups is 1. The van der Waals surface area contributed by atoms with Gasteiger partial charge in [-0.2, -0.15) is 0 Å². The van der Waals surface area contributed by atoms with Crippen molar-refractivity contribution in [2.24, 2.45) is 10.2 Å². The molecule has 0 unspecified atom stereocenters. The molecule has 0 spiro atoms. The normalized spacial score (nSPS) is 11.6. The maximum atomic E-state index is 13.3. The Morgan fingerprint density at radius 1 is 1.11 bits per heavy atom. The predicted octanol–water partition coefficient (Wildman–Crippen LogP) is 6.39. The second-order valence-electron chi connectivity index (χ2n) is 7.43. The molecule has 0 saturated carbocycles. The molecule has 2 heterocycles. The van der Waals surface area contributed by atoms with Crippen LogP contribution in [0.1, 0.15) is 0 Å². The smallest absolute Gasteiger partial charge is 0.275 e. The number of amides is 1. The molecule has 2 N–H and O–H groups in total. The van der Waals surface area contributed by atoms with E-state index in [-0.39, 0.29) is 22.9 Å². The Balaban J connectivity index is 1.46. The summed E-state index contributed by atoms with van der Waals surface area (Å²) in [5.41, 5.74) is 1.61. The van der Waals surface area contributed by atoms with E-state index in [1.807, 2.05) is 24.3 Å². The van der Waals surface area contributed by atoms with Crippen LogP contribution in [-0.2, 0) is 4.79 Å². The number of H-pyrrole nitrogens is 1. The molecule has 5 aromatic rings. The molecule has 0 aliphatic heterocycles. The van der Waals surface area contributed by atoms with Gasteiger partial charge >= 0.3 is 0 Å². The summed E-state index contributed by atoms with van der Waals surface area (Å²) in [7, 11) is 0. The van der Waals surface area contributed by atoms with E-state index in [0.29, 0.717) is 37.7 Å². The van der Waals surface area contributed by atoms with Crippen LogP contribution in [-0.4, -0.2) is 31.3 Å². The zero-order chi connectivity index (χ0) is 24.5. The minimum atomic E-state index is -0.552. The fraction of sp³-hybridized carbons (Fsp3) is 0.0417. The Kier molecular flexibility index (Phi) is 6.42. The quantitative estimate of drug-likeness (QED) is 0.145. The largest absolute Gasteiger partial charge is 0.493 e. The van der Waals surface area contributed by atoms with Gasteiger partial charge in [0.2, 0.25) is 5.88 Å². The number of benzene rings is 3. The van der Waals surface area contributed by atoms with Crippen molar-refractivity contribution >= 4 is 72.7 Å². The van der Waals surface area contributed by atoms with E-state index in [1.165, 1.54) is 4.57 Å². The highest BCUT2D eigenvalue weighted by molar-refractivity contribution is 9.10. The van der Waals surface area contributed by atoms with Gasteiger partial charge < -0.3 is 10.1 Å². The Morgan fingerprint density at radius 3 is 2.71 bits per heavy atom. The second kappa shape index (κ2) is 9.65. The van der Waals surface area contributed by atoms with E-state index in [4.69, 9.17) is 11.6 Å². The number of rotatable bonds is 5. The average Bonchev–Trinajstić information content (AvgIpc) is 3.16. The molecule has 3 aromatic carbocycles. The van der Waals surface area contributed by atoms with Crippen molar-refractivity contribution in [2.75, 3.05) is 5.75 Å². The summed E-state index contributed by atoms with van der Waals surface area (Å²) in [5.74, 6) is -0.854. The summed E-state index contributed by atoms with van der Waals surface area (Å²) in [6.07, 6.45) is 0. The number of fused-ring (bicyclic) bond motifs is 2. The van der Waals surface area contributed by atoms with Crippen LogP contribution in [0.15, 0.2) is 91.4 Å². The minimum absolute atomic E-state index is 0.116. The summed E-state index contributed by atoms with van der Waals surface area (Å²) >= 11 is 10.5. The third kappa shape index (κ3) is 4.72. The highest BCUT2D eigenvalue weighted by Crippen LogP contribution is 2.37. The number of nitrogens with zero attached hydrogens (tertiary/aromatic N) is 4. The van der Waals surface area contributed by atoms with Gasteiger partial charge in [-0.25, -0.2) is 4.98 Å². The lowest BCUT2D eigenvalue weighted by Gasteiger charge is -2.12. The molecule has 11 heteroatoms. The van der Waals surface area contributed by atoms with Gasteiger partial charge in [-0.3, -0.25) is 14.2 Å². The van der Waals surface area contributed by atoms with Crippen molar-refractivity contribution in [3.05, 3.63) is 86.6 Å². The number of thioether (sulfide) groups is 1. The van der Waals surface area contributed by atoms with E-state index < -0.39 is 5.91 Å². The predicted molar refractivity (Wildman–Crippen MR) is 140 cm³/mol. The van der Waals surface area contributed by atoms with E-state index in [0.717, 1.165) is 16.2 Å². The number of halogens is 2. The Labute approximate surface area is 215 Å². The fourth-order valence-electron chi connectivity index (χ4n) is 3.54. The molecular weight excluding hydrogens is 554 g/mol. The second-order valence-corrected chi connectivity index (χ2v) is 9.72. The van der Waals surface area contributed by atoms with Gasteiger partial charge in [0.05, 0.1) is 27.9 Å². The number of aromatic amines is 1. The number of para-hydroxylation sites is 1. The average molecular weight is 569 g/mol. The molecule has 0 bridgehead atoms. The Hall–Kier alpha value is -3.47. The standard InChI is InChI=1S/C24H15BrClN5O3S/c25-13-6-8-18-16(10-13)21(22(33)27-18)30-29-20(32)12-35-24-28-19-9-7-14(26)11-17(19)23(34)31(24)15-4-2-1-3-5-15/h1-11,27,33H,12H2. The highest BCUT2D eigenvalue weighted by atomic mass is 79.9. The molecule has 5 rings (SSSR count). The lowest BCUT2D eigenvalue weighted by Crippen LogP contribution is -2.22. The number of azo groups is 1. The molecule has 0 radical (unpaired) electrons. The van der Waals surface area contributed by atoms with Crippen molar-refractivity contribution in [3.8, 4) is 11.6 Å². The highest BCUT2D eigenvalue weighted by Gasteiger charge is 2.16. The molecule has 0 saturated heterocycles. The molecule has 0 aliphatic rings. The van der Waals surface area contributed by atoms with Crippen molar-refractivity contribution in [3.63, 3.8) is 0 Å². The van der Waals surface area contributed by atoms with Crippen LogP contribution in [0.25, 0.3) is 27.5 Å². The van der Waals surface area contributed by atoms with Crippen molar-refractivity contribution < 1.29 is 9.90 Å². The monoisotopic (exact) mass is 567 g/mol. The lowest BCUT2D eigenvalue weighted by molar-refractivity contribution is -0.115. The number of hydrogen-bond acceptors (Lipinski definition) is 6. The number of aromatic hydroxyl groups is 1.